The van der Waals surface area contributed by atoms with Gasteiger partial charge in [-0.25, -0.2) is 13.6 Å². The number of primary sulfonamides is 1. The third-order valence-corrected chi connectivity index (χ3v) is 4.45. The monoisotopic (exact) mass is 318 g/mol. The van der Waals surface area contributed by atoms with Gasteiger partial charge in [0.2, 0.25) is 10.0 Å². The van der Waals surface area contributed by atoms with Crippen molar-refractivity contribution in [1.29, 1.82) is 0 Å². The third-order valence-electron chi connectivity index (χ3n) is 3.06. The fourth-order valence-electron chi connectivity index (χ4n) is 1.85. The number of amides is 1. The predicted octanol–water partition coefficient (Wildman–Crippen LogP) is 2.15. The van der Waals surface area contributed by atoms with Crippen LogP contribution < -0.4 is 10.5 Å². The smallest absolute Gasteiger partial charge is 0.251 e. The highest BCUT2D eigenvalue weighted by molar-refractivity contribution is 7.89. The van der Waals surface area contributed by atoms with Crippen LogP contribution in [0.25, 0.3) is 0 Å². The molecule has 0 fully saturated rings. The van der Waals surface area contributed by atoms with Gasteiger partial charge in [0.1, 0.15) is 4.90 Å². The second-order valence-electron chi connectivity index (χ2n) is 4.92. The lowest BCUT2D eigenvalue weighted by atomic mass is 10.0. The maximum atomic E-state index is 12.1. The molecule has 0 aliphatic carbocycles. The molecular weight excluding hydrogens is 300 g/mol. The molecule has 0 radical (unpaired) electrons. The number of nitrogens with one attached hydrogen (secondary N) is 1. The Labute approximate surface area is 124 Å². The molecule has 0 saturated carbocycles. The van der Waals surface area contributed by atoms with Gasteiger partial charge in [0.25, 0.3) is 5.91 Å². The summed E-state index contributed by atoms with van der Waals surface area (Å²) in [5.41, 5.74) is 0.220. The standard InChI is InChI=1S/C13H19ClN2O3S/c1-4-11(8(2)3)16-13(17)9-5-6-10(14)12(7-9)20(15,18)19/h5-8,11H,4H2,1-3H3,(H,16,17)(H2,15,18,19). The number of hydrogen-bond acceptors (Lipinski definition) is 3. The van der Waals surface area contributed by atoms with Crippen molar-refractivity contribution in [1.82, 2.24) is 5.32 Å². The van der Waals surface area contributed by atoms with Crippen molar-refractivity contribution < 1.29 is 13.2 Å². The van der Waals surface area contributed by atoms with Crippen LogP contribution in [0.1, 0.15) is 37.6 Å². The highest BCUT2D eigenvalue weighted by Crippen LogP contribution is 2.21. The SMILES string of the molecule is CCC(NC(=O)c1ccc(Cl)c(S(N)(=O)=O)c1)C(C)C. The lowest BCUT2D eigenvalue weighted by Crippen LogP contribution is -2.38. The van der Waals surface area contributed by atoms with E-state index in [0.717, 1.165) is 6.42 Å². The molecule has 1 unspecified atom stereocenters. The number of carbonyl (C=O) groups excluding carboxylic acids is 1. The number of rotatable bonds is 5. The van der Waals surface area contributed by atoms with Crippen LogP contribution in [-0.4, -0.2) is 20.4 Å². The quantitative estimate of drug-likeness (QED) is 0.871. The summed E-state index contributed by atoms with van der Waals surface area (Å²) in [6.45, 7) is 5.99. The molecule has 0 aromatic heterocycles. The fraction of sp³-hybridized carbons (Fsp3) is 0.462. The van der Waals surface area contributed by atoms with E-state index < -0.39 is 10.0 Å². The van der Waals surface area contributed by atoms with Crippen LogP contribution in [0.5, 0.6) is 0 Å². The summed E-state index contributed by atoms with van der Waals surface area (Å²) in [5, 5.41) is 7.92. The van der Waals surface area contributed by atoms with Crippen molar-refractivity contribution >= 4 is 27.5 Å². The maximum Gasteiger partial charge on any atom is 0.251 e. The number of hydrogen-bond donors (Lipinski definition) is 2. The molecule has 1 amide bonds. The Morgan fingerprint density at radius 1 is 1.40 bits per heavy atom. The average Bonchev–Trinajstić information content (AvgIpc) is 2.34. The molecule has 112 valence electrons. The van der Waals surface area contributed by atoms with Crippen molar-refractivity contribution in [3.8, 4) is 0 Å². The van der Waals surface area contributed by atoms with Crippen molar-refractivity contribution in [3.05, 3.63) is 28.8 Å². The predicted molar refractivity (Wildman–Crippen MR) is 79.2 cm³/mol. The molecule has 7 heteroatoms. The largest absolute Gasteiger partial charge is 0.349 e. The van der Waals surface area contributed by atoms with Crippen LogP contribution >= 0.6 is 11.6 Å². The zero-order valence-corrected chi connectivity index (χ0v) is 13.3. The molecule has 0 aliphatic rings. The molecule has 1 rings (SSSR count). The van der Waals surface area contributed by atoms with Crippen molar-refractivity contribution in [2.24, 2.45) is 11.1 Å². The van der Waals surface area contributed by atoms with Crippen molar-refractivity contribution in [2.75, 3.05) is 0 Å². The molecule has 0 heterocycles. The molecule has 20 heavy (non-hydrogen) atoms. The first-order chi connectivity index (χ1) is 9.16. The molecule has 3 N–H and O–H groups in total. The Bertz CT molecular complexity index is 600. The number of benzene rings is 1. The van der Waals surface area contributed by atoms with E-state index in [1.54, 1.807) is 0 Å². The van der Waals surface area contributed by atoms with Gasteiger partial charge in [-0.05, 0) is 30.5 Å². The van der Waals surface area contributed by atoms with E-state index in [4.69, 9.17) is 16.7 Å². The molecule has 0 spiro atoms. The van der Waals surface area contributed by atoms with Crippen LogP contribution in [0.15, 0.2) is 23.1 Å². The van der Waals surface area contributed by atoms with E-state index in [0.29, 0.717) is 0 Å². The normalized spacial score (nSPS) is 13.3. The van der Waals surface area contributed by atoms with Crippen LogP contribution in [-0.2, 0) is 10.0 Å². The van der Waals surface area contributed by atoms with Gasteiger partial charge < -0.3 is 5.32 Å². The Morgan fingerprint density at radius 3 is 2.45 bits per heavy atom. The van der Waals surface area contributed by atoms with Crippen LogP contribution in [0.3, 0.4) is 0 Å². The maximum absolute atomic E-state index is 12.1. The molecule has 0 bridgehead atoms. The second kappa shape index (κ2) is 6.56. The first-order valence-corrected chi connectivity index (χ1v) is 8.22. The van der Waals surface area contributed by atoms with Gasteiger partial charge in [-0.1, -0.05) is 32.4 Å². The highest BCUT2D eigenvalue weighted by Gasteiger charge is 2.19. The minimum Gasteiger partial charge on any atom is -0.349 e. The number of halogens is 1. The molecule has 1 aromatic carbocycles. The summed E-state index contributed by atoms with van der Waals surface area (Å²) in [5.74, 6) is -0.0546. The Balaban J connectivity index is 3.07. The summed E-state index contributed by atoms with van der Waals surface area (Å²) in [6, 6.07) is 4.04. The first-order valence-electron chi connectivity index (χ1n) is 6.30. The minimum absolute atomic E-state index is 0.0000453. The molecule has 5 nitrogen and oxygen atoms in total. The van der Waals surface area contributed by atoms with E-state index in [1.807, 2.05) is 20.8 Å². The number of carbonyl (C=O) groups is 1. The summed E-state index contributed by atoms with van der Waals surface area (Å²) in [4.78, 5) is 11.9. The number of nitrogens with two attached hydrogens (primary N) is 1. The van der Waals surface area contributed by atoms with E-state index in [1.165, 1.54) is 18.2 Å². The van der Waals surface area contributed by atoms with E-state index in [2.05, 4.69) is 5.32 Å². The van der Waals surface area contributed by atoms with Gasteiger partial charge in [0.05, 0.1) is 5.02 Å². The topological polar surface area (TPSA) is 89.3 Å². The van der Waals surface area contributed by atoms with Gasteiger partial charge in [0, 0.05) is 11.6 Å². The zero-order chi connectivity index (χ0) is 15.5. The van der Waals surface area contributed by atoms with E-state index in [-0.39, 0.29) is 33.3 Å². The van der Waals surface area contributed by atoms with Gasteiger partial charge in [-0.2, -0.15) is 0 Å². The van der Waals surface area contributed by atoms with E-state index in [9.17, 15) is 13.2 Å². The Morgan fingerprint density at radius 2 is 2.00 bits per heavy atom. The Kier molecular flexibility index (Phi) is 5.56. The van der Waals surface area contributed by atoms with Crippen LogP contribution in [0.4, 0.5) is 0 Å². The molecular formula is C13H19ClN2O3S. The minimum atomic E-state index is -3.95. The lowest BCUT2D eigenvalue weighted by Gasteiger charge is -2.20. The van der Waals surface area contributed by atoms with Gasteiger partial charge >= 0.3 is 0 Å². The zero-order valence-electron chi connectivity index (χ0n) is 11.7. The van der Waals surface area contributed by atoms with Gasteiger partial charge in [-0.15, -0.1) is 0 Å². The molecule has 0 saturated heterocycles. The van der Waals surface area contributed by atoms with Crippen molar-refractivity contribution in [3.63, 3.8) is 0 Å². The van der Waals surface area contributed by atoms with Crippen LogP contribution in [0, 0.1) is 5.92 Å². The van der Waals surface area contributed by atoms with Crippen LogP contribution in [0.2, 0.25) is 5.02 Å². The number of sulfonamides is 1. The third kappa shape index (κ3) is 4.19. The summed E-state index contributed by atoms with van der Waals surface area (Å²) < 4.78 is 22.8. The summed E-state index contributed by atoms with van der Waals surface area (Å²) in [6.07, 6.45) is 0.791. The fourth-order valence-corrected chi connectivity index (χ4v) is 2.93. The molecule has 1 atom stereocenters. The van der Waals surface area contributed by atoms with E-state index >= 15 is 0 Å². The van der Waals surface area contributed by atoms with Gasteiger partial charge in [-0.3, -0.25) is 4.79 Å². The molecule has 1 aromatic rings. The molecule has 0 aliphatic heterocycles. The average molecular weight is 319 g/mol. The van der Waals surface area contributed by atoms with Gasteiger partial charge in [0.15, 0.2) is 0 Å². The van der Waals surface area contributed by atoms with Crippen molar-refractivity contribution in [2.45, 2.75) is 38.1 Å². The lowest BCUT2D eigenvalue weighted by molar-refractivity contribution is 0.0924. The Hall–Kier alpha value is -1.11. The summed E-state index contributed by atoms with van der Waals surface area (Å²) in [7, 11) is -3.95. The summed E-state index contributed by atoms with van der Waals surface area (Å²) >= 11 is 5.78. The first kappa shape index (κ1) is 16.9. The second-order valence-corrected chi connectivity index (χ2v) is 6.86. The highest BCUT2D eigenvalue weighted by atomic mass is 35.5.